The number of alkyl halides is 1. The van der Waals surface area contributed by atoms with Crippen LogP contribution in [-0.2, 0) is 33.4 Å². The molecule has 3 fully saturated rings. The van der Waals surface area contributed by atoms with Crippen LogP contribution in [0.25, 0.3) is 0 Å². The van der Waals surface area contributed by atoms with Gasteiger partial charge in [0.25, 0.3) is 5.91 Å². The maximum atomic E-state index is 14.9. The first kappa shape index (κ1) is 38.7. The van der Waals surface area contributed by atoms with Gasteiger partial charge in [0.15, 0.2) is 0 Å². The molecule has 1 unspecified atom stereocenters. The largest absolute Gasteiger partial charge is 0.455 e. The standard InChI is InChI=1S/C38H45BrClN3O8/c1-5-7-17-28(45)41-27(22-49-4)32(24-14-9-8-10-15-24)50-37(48)29-30-35(46)43(19-12-20-44)34(38(30)21-25(39)33(29)51-38)36(47)42(18-6-2)31-23(3)13-11-16-26(31)40/h5-6,8-11,13-16,25,27,29-30,32-34,44H,1-2,7,12,17-22H2,3-4H3,(H,41,45)/t25?,27-,29-,30+,32-,33-,34-,38+/m0/s1. The number of ether oxygens (including phenoxy) is 3. The molecule has 5 rings (SSSR count). The molecule has 0 aliphatic carbocycles. The number of para-hydroxylation sites is 1. The van der Waals surface area contributed by atoms with E-state index < -0.39 is 59.5 Å². The van der Waals surface area contributed by atoms with Crippen molar-refractivity contribution in [3.63, 3.8) is 0 Å². The number of aliphatic hydroxyl groups is 1. The predicted molar refractivity (Wildman–Crippen MR) is 196 cm³/mol. The highest BCUT2D eigenvalue weighted by Gasteiger charge is 2.77. The molecule has 51 heavy (non-hydrogen) atoms. The van der Waals surface area contributed by atoms with Crippen LogP contribution in [0, 0.1) is 18.8 Å². The first-order valence-corrected chi connectivity index (χ1v) is 18.4. The first-order chi connectivity index (χ1) is 24.5. The van der Waals surface area contributed by atoms with E-state index in [4.69, 9.17) is 25.8 Å². The number of carbonyl (C=O) groups is 4. The Bertz CT molecular complexity index is 1610. The monoisotopic (exact) mass is 785 g/mol. The molecule has 3 amide bonds. The van der Waals surface area contributed by atoms with Gasteiger partial charge in [-0.25, -0.2) is 0 Å². The van der Waals surface area contributed by atoms with Crippen molar-refractivity contribution < 1.29 is 38.5 Å². The van der Waals surface area contributed by atoms with E-state index in [1.165, 1.54) is 16.9 Å². The van der Waals surface area contributed by atoms with Crippen LogP contribution in [0.4, 0.5) is 5.69 Å². The van der Waals surface area contributed by atoms with E-state index in [0.717, 1.165) is 5.56 Å². The van der Waals surface area contributed by atoms with Crippen LogP contribution in [0.2, 0.25) is 5.02 Å². The molecule has 2 N–H and O–H groups in total. The van der Waals surface area contributed by atoms with Gasteiger partial charge >= 0.3 is 5.97 Å². The van der Waals surface area contributed by atoms with E-state index in [1.807, 2.05) is 19.1 Å². The smallest absolute Gasteiger partial charge is 0.313 e. The average molecular weight is 787 g/mol. The number of anilines is 1. The number of fused-ring (bicyclic) bond motifs is 1. The zero-order chi connectivity index (χ0) is 36.9. The molecule has 2 aromatic carbocycles. The molecule has 1 spiro atoms. The van der Waals surface area contributed by atoms with Crippen LogP contribution in [0.15, 0.2) is 73.8 Å². The number of hydrogen-bond acceptors (Lipinski definition) is 8. The molecule has 274 valence electrons. The van der Waals surface area contributed by atoms with Crippen molar-refractivity contribution in [1.82, 2.24) is 10.2 Å². The maximum absolute atomic E-state index is 14.9. The summed E-state index contributed by atoms with van der Waals surface area (Å²) in [7, 11) is 1.49. The highest BCUT2D eigenvalue weighted by molar-refractivity contribution is 9.09. The number of hydrogen-bond donors (Lipinski definition) is 2. The lowest BCUT2D eigenvalue weighted by molar-refractivity contribution is -0.163. The van der Waals surface area contributed by atoms with Crippen molar-refractivity contribution in [1.29, 1.82) is 0 Å². The van der Waals surface area contributed by atoms with Crippen LogP contribution >= 0.6 is 27.5 Å². The van der Waals surface area contributed by atoms with Gasteiger partial charge in [-0.05, 0) is 43.4 Å². The molecule has 11 nitrogen and oxygen atoms in total. The van der Waals surface area contributed by atoms with Crippen molar-refractivity contribution in [3.8, 4) is 0 Å². The molecule has 13 heteroatoms. The summed E-state index contributed by atoms with van der Waals surface area (Å²) in [5.74, 6) is -3.94. The Morgan fingerprint density at radius 3 is 2.59 bits per heavy atom. The van der Waals surface area contributed by atoms with Gasteiger partial charge in [0.2, 0.25) is 11.8 Å². The molecule has 0 saturated carbocycles. The maximum Gasteiger partial charge on any atom is 0.313 e. The molecule has 3 aliphatic heterocycles. The number of benzene rings is 2. The zero-order valence-corrected chi connectivity index (χ0v) is 31.2. The lowest BCUT2D eigenvalue weighted by Gasteiger charge is -2.37. The topological polar surface area (TPSA) is 135 Å². The first-order valence-electron chi connectivity index (χ1n) is 17.1. The van der Waals surface area contributed by atoms with Crippen molar-refractivity contribution in [3.05, 3.63) is 90.0 Å². The quantitative estimate of drug-likeness (QED) is 0.134. The Labute approximate surface area is 312 Å². The van der Waals surface area contributed by atoms with Crippen molar-refractivity contribution in [2.45, 2.75) is 67.3 Å². The normalized spacial score (nSPS) is 25.9. The molecule has 0 aromatic heterocycles. The van der Waals surface area contributed by atoms with Gasteiger partial charge in [-0.2, -0.15) is 0 Å². The number of amides is 3. The minimum Gasteiger partial charge on any atom is -0.455 e. The molecular weight excluding hydrogens is 742 g/mol. The number of methoxy groups -OCH3 is 1. The number of halogens is 2. The van der Waals surface area contributed by atoms with E-state index in [0.29, 0.717) is 22.7 Å². The van der Waals surface area contributed by atoms with Gasteiger partial charge in [0, 0.05) is 38.1 Å². The third-order valence-electron chi connectivity index (χ3n) is 9.89. The number of nitrogens with one attached hydrogen (secondary N) is 1. The second kappa shape index (κ2) is 16.9. The van der Waals surface area contributed by atoms with E-state index in [-0.39, 0.29) is 56.3 Å². The summed E-state index contributed by atoms with van der Waals surface area (Å²) < 4.78 is 18.5. The molecule has 8 atom stereocenters. The third-order valence-corrected chi connectivity index (χ3v) is 11.0. The van der Waals surface area contributed by atoms with Gasteiger partial charge in [-0.15, -0.1) is 13.2 Å². The Balaban J connectivity index is 1.53. The molecule has 2 bridgehead atoms. The molecule has 3 heterocycles. The van der Waals surface area contributed by atoms with Gasteiger partial charge in [-0.3, -0.25) is 19.2 Å². The van der Waals surface area contributed by atoms with Gasteiger partial charge in [0.1, 0.15) is 17.7 Å². The average Bonchev–Trinajstić information content (AvgIpc) is 3.71. The second-order valence-corrected chi connectivity index (χ2v) is 14.7. The van der Waals surface area contributed by atoms with Crippen molar-refractivity contribution in [2.24, 2.45) is 11.8 Å². The number of allylic oxidation sites excluding steroid dienone is 1. The summed E-state index contributed by atoms with van der Waals surface area (Å²) >= 11 is 10.4. The molecule has 3 saturated heterocycles. The van der Waals surface area contributed by atoms with Crippen LogP contribution < -0.4 is 10.2 Å². The van der Waals surface area contributed by atoms with Crippen LogP contribution in [0.3, 0.4) is 0 Å². The SMILES string of the molecule is C=CCCC(=O)N[C@@H](COC)[C@@H](OC(=O)[C@@H]1[C@H]2O[C@@]3(CC2Br)[C@H](C(=O)N(CC=C)c2c(C)cccc2Cl)N(CCCO)C(=O)[C@@H]13)c1ccccc1. The van der Waals surface area contributed by atoms with Crippen molar-refractivity contribution in [2.75, 3.05) is 38.3 Å². The third kappa shape index (κ3) is 7.52. The van der Waals surface area contributed by atoms with E-state index >= 15 is 0 Å². The van der Waals surface area contributed by atoms with Crippen LogP contribution in [-0.4, -0.2) is 95.7 Å². The van der Waals surface area contributed by atoms with Gasteiger partial charge in [-0.1, -0.05) is 82.1 Å². The number of likely N-dealkylation sites (tertiary alicyclic amines) is 1. The predicted octanol–water partition coefficient (Wildman–Crippen LogP) is 4.68. The Morgan fingerprint density at radius 1 is 1.20 bits per heavy atom. The fraction of sp³-hybridized carbons (Fsp3) is 0.474. The number of esters is 1. The van der Waals surface area contributed by atoms with Gasteiger partial charge in [0.05, 0.1) is 41.3 Å². The second-order valence-electron chi connectivity index (χ2n) is 13.1. The van der Waals surface area contributed by atoms with Crippen LogP contribution in [0.5, 0.6) is 0 Å². The van der Waals surface area contributed by atoms with Gasteiger partial charge < -0.3 is 34.4 Å². The number of carbonyl (C=O) groups excluding carboxylic acids is 4. The van der Waals surface area contributed by atoms with E-state index in [9.17, 15) is 24.3 Å². The summed E-state index contributed by atoms with van der Waals surface area (Å²) in [6, 6.07) is 12.5. The number of nitrogens with zero attached hydrogens (tertiary/aromatic N) is 2. The number of rotatable bonds is 17. The highest BCUT2D eigenvalue weighted by atomic mass is 79.9. The fourth-order valence-corrected chi connectivity index (χ4v) is 9.08. The summed E-state index contributed by atoms with van der Waals surface area (Å²) in [4.78, 5) is 59.4. The Kier molecular flexibility index (Phi) is 12.8. The minimum absolute atomic E-state index is 0.0384. The Morgan fingerprint density at radius 2 is 1.94 bits per heavy atom. The fourth-order valence-electron chi connectivity index (χ4n) is 7.82. The molecular formula is C38H45BrClN3O8. The summed E-state index contributed by atoms with van der Waals surface area (Å²) in [6.07, 6.45) is 2.63. The lowest BCUT2D eigenvalue weighted by atomic mass is 9.70. The Hall–Kier alpha value is -3.55. The zero-order valence-electron chi connectivity index (χ0n) is 28.8. The summed E-state index contributed by atoms with van der Waals surface area (Å²) in [5, 5.41) is 13.1. The number of aliphatic hydroxyl groups excluding tert-OH is 1. The van der Waals surface area contributed by atoms with E-state index in [2.05, 4.69) is 34.4 Å². The lowest BCUT2D eigenvalue weighted by Crippen LogP contribution is -2.57. The number of aryl methyl sites for hydroxylation is 1. The highest BCUT2D eigenvalue weighted by Crippen LogP contribution is 2.60. The summed E-state index contributed by atoms with van der Waals surface area (Å²) in [5.41, 5.74) is 0.482. The minimum atomic E-state index is -1.38. The van der Waals surface area contributed by atoms with Crippen molar-refractivity contribution >= 4 is 56.9 Å². The molecule has 3 aliphatic rings. The molecule has 0 radical (unpaired) electrons. The molecule has 2 aromatic rings. The van der Waals surface area contributed by atoms with Crippen LogP contribution in [0.1, 0.15) is 42.9 Å². The van der Waals surface area contributed by atoms with E-state index in [1.54, 1.807) is 48.6 Å². The summed E-state index contributed by atoms with van der Waals surface area (Å²) in [6.45, 7) is 9.38.